The van der Waals surface area contributed by atoms with E-state index in [0.29, 0.717) is 0 Å². The number of aromatic nitrogens is 2. The van der Waals surface area contributed by atoms with Gasteiger partial charge < -0.3 is 9.88 Å². The number of hydrogen-bond donors (Lipinski definition) is 1. The zero-order chi connectivity index (χ0) is 17.5. The molecule has 2 aromatic carbocycles. The maximum atomic E-state index is 13.4. The van der Waals surface area contributed by atoms with Gasteiger partial charge in [0.15, 0.2) is 0 Å². The maximum absolute atomic E-state index is 13.4. The number of carbonyl (C=O) groups is 1. The number of nitrogens with one attached hydrogen (secondary N) is 1. The predicted octanol–water partition coefficient (Wildman–Crippen LogP) is 4.12. The van der Waals surface area contributed by atoms with Crippen LogP contribution in [0.2, 0.25) is 0 Å². The molecule has 1 amide bonds. The van der Waals surface area contributed by atoms with E-state index < -0.39 is 0 Å². The van der Waals surface area contributed by atoms with Gasteiger partial charge in [-0.05, 0) is 30.0 Å². The number of hydrogen-bond acceptors (Lipinski definition) is 2. The number of amides is 1. The van der Waals surface area contributed by atoms with Gasteiger partial charge in [-0.2, -0.15) is 0 Å². The first kappa shape index (κ1) is 17.8. The minimum atomic E-state index is 0. The number of aryl methyl sites for hydroxylation is 1. The number of H-pyrrole nitrogens is 1. The van der Waals surface area contributed by atoms with Gasteiger partial charge in [0.2, 0.25) is 5.91 Å². The van der Waals surface area contributed by atoms with Crippen LogP contribution < -0.4 is 4.90 Å². The average Bonchev–Trinajstić information content (AvgIpc) is 3.32. The Kier molecular flexibility index (Phi) is 4.75. The molecular weight excluding hydrogens is 358 g/mol. The summed E-state index contributed by atoms with van der Waals surface area (Å²) in [6.07, 6.45) is 4.27. The fourth-order valence-electron chi connectivity index (χ4n) is 4.42. The Balaban J connectivity index is 0.00000180. The van der Waals surface area contributed by atoms with Gasteiger partial charge >= 0.3 is 0 Å². The fraction of sp³-hybridized carbons (Fsp3) is 0.273. The molecule has 138 valence electrons. The average molecular weight is 380 g/mol. The van der Waals surface area contributed by atoms with Crippen molar-refractivity contribution in [2.45, 2.75) is 25.2 Å². The van der Waals surface area contributed by atoms with Crippen molar-refractivity contribution in [2.75, 3.05) is 11.4 Å². The van der Waals surface area contributed by atoms with Crippen molar-refractivity contribution in [1.82, 2.24) is 9.97 Å². The molecule has 0 saturated carbocycles. The third-order valence-corrected chi connectivity index (χ3v) is 5.77. The highest BCUT2D eigenvalue weighted by Gasteiger charge is 2.37. The number of halogens is 1. The van der Waals surface area contributed by atoms with Crippen molar-refractivity contribution in [2.24, 2.45) is 5.92 Å². The van der Waals surface area contributed by atoms with Gasteiger partial charge in [0, 0.05) is 36.2 Å². The van der Waals surface area contributed by atoms with E-state index in [0.717, 1.165) is 42.9 Å². The van der Waals surface area contributed by atoms with E-state index in [-0.39, 0.29) is 30.2 Å². The molecule has 1 aliphatic carbocycles. The lowest BCUT2D eigenvalue weighted by atomic mass is 9.88. The molecule has 2 unspecified atom stereocenters. The number of aromatic amines is 1. The topological polar surface area (TPSA) is 49.0 Å². The number of carbonyl (C=O) groups excluding carboxylic acids is 1. The summed E-state index contributed by atoms with van der Waals surface area (Å²) in [6.45, 7) is 0.731. The minimum absolute atomic E-state index is 0. The van der Waals surface area contributed by atoms with Gasteiger partial charge in [-0.1, -0.05) is 48.5 Å². The number of para-hydroxylation sites is 1. The second-order valence-corrected chi connectivity index (χ2v) is 7.24. The molecule has 2 atom stereocenters. The largest absolute Gasteiger partial charge is 0.348 e. The molecule has 2 aliphatic rings. The number of imidazole rings is 1. The van der Waals surface area contributed by atoms with Crippen molar-refractivity contribution in [1.29, 1.82) is 0 Å². The Morgan fingerprint density at radius 2 is 1.85 bits per heavy atom. The van der Waals surface area contributed by atoms with Gasteiger partial charge in [-0.25, -0.2) is 4.98 Å². The molecule has 0 bridgehead atoms. The van der Waals surface area contributed by atoms with Crippen molar-refractivity contribution < 1.29 is 4.79 Å². The maximum Gasteiger partial charge on any atom is 0.230 e. The number of nitrogens with zero attached hydrogens (tertiary/aromatic N) is 2. The Labute approximate surface area is 165 Å². The Morgan fingerprint density at radius 3 is 2.70 bits per heavy atom. The third kappa shape index (κ3) is 3.04. The fourth-order valence-corrected chi connectivity index (χ4v) is 4.42. The molecule has 0 spiro atoms. The lowest BCUT2D eigenvalue weighted by molar-refractivity contribution is -0.122. The van der Waals surface area contributed by atoms with Crippen LogP contribution in [0, 0.1) is 5.92 Å². The Hall–Kier alpha value is -2.59. The molecule has 1 aliphatic heterocycles. The van der Waals surface area contributed by atoms with Gasteiger partial charge in [0.05, 0.1) is 12.0 Å². The van der Waals surface area contributed by atoms with E-state index >= 15 is 0 Å². The highest BCUT2D eigenvalue weighted by Crippen LogP contribution is 2.41. The van der Waals surface area contributed by atoms with Crippen molar-refractivity contribution in [3.05, 3.63) is 83.4 Å². The highest BCUT2D eigenvalue weighted by molar-refractivity contribution is 5.98. The molecule has 0 fully saturated rings. The number of rotatable bonds is 2. The summed E-state index contributed by atoms with van der Waals surface area (Å²) in [5.74, 6) is 0.532. The third-order valence-electron chi connectivity index (χ3n) is 5.77. The van der Waals surface area contributed by atoms with Gasteiger partial charge in [-0.3, -0.25) is 4.79 Å². The van der Waals surface area contributed by atoms with Crippen LogP contribution in [0.25, 0.3) is 0 Å². The summed E-state index contributed by atoms with van der Waals surface area (Å²) in [7, 11) is 0. The summed E-state index contributed by atoms with van der Waals surface area (Å²) < 4.78 is 0. The first-order valence-electron chi connectivity index (χ1n) is 9.27. The molecule has 1 N–H and O–H groups in total. The summed E-state index contributed by atoms with van der Waals surface area (Å²) >= 11 is 0. The zero-order valence-corrected chi connectivity index (χ0v) is 15.8. The van der Waals surface area contributed by atoms with Crippen LogP contribution in [0.4, 0.5) is 5.69 Å². The van der Waals surface area contributed by atoms with Gasteiger partial charge in [0.25, 0.3) is 0 Å². The lowest BCUT2D eigenvalue weighted by Gasteiger charge is -2.26. The number of benzene rings is 2. The predicted molar refractivity (Wildman–Crippen MR) is 108 cm³/mol. The molecule has 4 nitrogen and oxygen atoms in total. The normalized spacial score (nSPS) is 20.5. The molecule has 2 heterocycles. The molecule has 27 heavy (non-hydrogen) atoms. The van der Waals surface area contributed by atoms with E-state index in [4.69, 9.17) is 0 Å². The molecule has 5 rings (SSSR count). The Bertz CT molecular complexity index is 953. The first-order valence-corrected chi connectivity index (χ1v) is 9.27. The smallest absolute Gasteiger partial charge is 0.230 e. The van der Waals surface area contributed by atoms with Crippen LogP contribution in [-0.4, -0.2) is 22.4 Å². The molecule has 3 aromatic rings. The lowest BCUT2D eigenvalue weighted by Crippen LogP contribution is -2.38. The van der Waals surface area contributed by atoms with Crippen LogP contribution in [0.5, 0.6) is 0 Å². The first-order chi connectivity index (χ1) is 12.8. The van der Waals surface area contributed by atoms with E-state index in [9.17, 15) is 4.79 Å². The molecular formula is C22H22ClN3O. The number of anilines is 1. The minimum Gasteiger partial charge on any atom is -0.348 e. The van der Waals surface area contributed by atoms with E-state index in [1.807, 2.05) is 17.0 Å². The number of fused-ring (bicyclic) bond motifs is 2. The van der Waals surface area contributed by atoms with Crippen LogP contribution >= 0.6 is 12.4 Å². The van der Waals surface area contributed by atoms with E-state index in [2.05, 4.69) is 52.4 Å². The second kappa shape index (κ2) is 7.20. The van der Waals surface area contributed by atoms with Crippen LogP contribution in [0.1, 0.15) is 34.9 Å². The standard InChI is InChI=1S/C22H21N3O.ClH/c26-22(16-10-11-19-20(12-16)24-14-23-19)25-13-18(15-6-2-1-3-7-15)17-8-4-5-9-21(17)25;/h1-9,14,16,18H,10-13H2,(H,23,24);1H. The molecule has 0 saturated heterocycles. The van der Waals surface area contributed by atoms with Crippen LogP contribution in [0.15, 0.2) is 60.9 Å². The van der Waals surface area contributed by atoms with Gasteiger partial charge in [-0.15, -0.1) is 12.4 Å². The van der Waals surface area contributed by atoms with E-state index in [1.165, 1.54) is 11.1 Å². The quantitative estimate of drug-likeness (QED) is 0.728. The van der Waals surface area contributed by atoms with Crippen molar-refractivity contribution in [3.8, 4) is 0 Å². The highest BCUT2D eigenvalue weighted by atomic mass is 35.5. The van der Waals surface area contributed by atoms with Crippen LogP contribution in [0.3, 0.4) is 0 Å². The summed E-state index contributed by atoms with van der Waals surface area (Å²) in [5, 5.41) is 0. The van der Waals surface area contributed by atoms with Gasteiger partial charge in [0.1, 0.15) is 0 Å². The SMILES string of the molecule is Cl.O=C(C1CCc2nc[nH]c2C1)N1CC(c2ccccc2)c2ccccc21. The summed E-state index contributed by atoms with van der Waals surface area (Å²) in [5.41, 5.74) is 5.85. The molecule has 0 radical (unpaired) electrons. The second-order valence-electron chi connectivity index (χ2n) is 7.24. The molecule has 1 aromatic heterocycles. The van der Waals surface area contributed by atoms with Crippen LogP contribution in [-0.2, 0) is 17.6 Å². The monoisotopic (exact) mass is 379 g/mol. The zero-order valence-electron chi connectivity index (χ0n) is 15.0. The Morgan fingerprint density at radius 1 is 1.07 bits per heavy atom. The van der Waals surface area contributed by atoms with Crippen molar-refractivity contribution >= 4 is 24.0 Å². The van der Waals surface area contributed by atoms with Crippen molar-refractivity contribution in [3.63, 3.8) is 0 Å². The summed E-state index contributed by atoms with van der Waals surface area (Å²) in [6, 6.07) is 18.8. The molecule has 5 heteroatoms. The summed E-state index contributed by atoms with van der Waals surface area (Å²) in [4.78, 5) is 22.9. The van der Waals surface area contributed by atoms with E-state index in [1.54, 1.807) is 6.33 Å².